The van der Waals surface area contributed by atoms with E-state index in [1.165, 1.54) is 4.90 Å². The number of aliphatic hydroxyl groups is 1. The fourth-order valence-electron chi connectivity index (χ4n) is 8.45. The van der Waals surface area contributed by atoms with Crippen molar-refractivity contribution in [2.45, 2.75) is 50.1 Å². The minimum Gasteiger partial charge on any atom is -0.497 e. The molecule has 7 atom stereocenters. The van der Waals surface area contributed by atoms with E-state index in [0.717, 1.165) is 5.56 Å². The summed E-state index contributed by atoms with van der Waals surface area (Å²) in [7, 11) is 1.57. The van der Waals surface area contributed by atoms with Crippen molar-refractivity contribution >= 4 is 23.4 Å². The van der Waals surface area contributed by atoms with Crippen molar-refractivity contribution in [3.63, 3.8) is 0 Å². The van der Waals surface area contributed by atoms with E-state index in [4.69, 9.17) is 9.47 Å². The second kappa shape index (κ2) is 13.6. The molecule has 256 valence electrons. The molecule has 0 aromatic heterocycles. The minimum absolute atomic E-state index is 0.152. The van der Waals surface area contributed by atoms with Crippen LogP contribution in [0.15, 0.2) is 110 Å². The molecule has 3 heterocycles. The maximum absolute atomic E-state index is 15.2. The summed E-state index contributed by atoms with van der Waals surface area (Å²) in [6, 6.07) is 24.0. The Kier molecular flexibility index (Phi) is 9.51. The first-order valence-electron chi connectivity index (χ1n) is 16.8. The highest BCUT2D eigenvalue weighted by molar-refractivity contribution is 6.05. The predicted molar refractivity (Wildman–Crippen MR) is 187 cm³/mol. The van der Waals surface area contributed by atoms with E-state index in [1.807, 2.05) is 74.5 Å². The molecule has 1 spiro atoms. The predicted octanol–water partition coefficient (Wildman–Crippen LogP) is 5.17. The van der Waals surface area contributed by atoms with Gasteiger partial charge in [0, 0.05) is 25.3 Å². The number of hydrogen-bond acceptors (Lipinski definition) is 6. The van der Waals surface area contributed by atoms with Gasteiger partial charge in [0.05, 0.1) is 37.2 Å². The van der Waals surface area contributed by atoms with Crippen molar-refractivity contribution in [1.82, 2.24) is 9.80 Å². The zero-order chi connectivity index (χ0) is 34.9. The van der Waals surface area contributed by atoms with Crippen molar-refractivity contribution in [2.75, 3.05) is 31.7 Å². The summed E-state index contributed by atoms with van der Waals surface area (Å²) in [6.07, 6.45) is 3.72. The molecule has 1 N–H and O–H groups in total. The molecule has 3 aromatic rings. The Hall–Kier alpha value is -4.73. The Morgan fingerprint density at radius 3 is 2.22 bits per heavy atom. The number of anilines is 1. The van der Waals surface area contributed by atoms with Gasteiger partial charge < -0.3 is 29.3 Å². The van der Waals surface area contributed by atoms with Gasteiger partial charge in [-0.3, -0.25) is 14.4 Å². The largest absolute Gasteiger partial charge is 0.497 e. The van der Waals surface area contributed by atoms with Crippen LogP contribution in [0.5, 0.6) is 5.75 Å². The molecule has 9 nitrogen and oxygen atoms in total. The summed E-state index contributed by atoms with van der Waals surface area (Å²) in [5.74, 6) is -2.29. The number of benzene rings is 3. The molecule has 3 unspecified atom stereocenters. The lowest BCUT2D eigenvalue weighted by molar-refractivity contribution is -0.154. The van der Waals surface area contributed by atoms with E-state index in [9.17, 15) is 9.90 Å². The quantitative estimate of drug-likeness (QED) is 0.254. The molecule has 3 fully saturated rings. The van der Waals surface area contributed by atoms with Gasteiger partial charge in [0.1, 0.15) is 17.4 Å². The van der Waals surface area contributed by atoms with Crippen LogP contribution in [0, 0.1) is 17.8 Å². The van der Waals surface area contributed by atoms with Gasteiger partial charge in [0.15, 0.2) is 0 Å². The first kappa shape index (κ1) is 34.1. The topological polar surface area (TPSA) is 99.6 Å². The van der Waals surface area contributed by atoms with Crippen molar-refractivity contribution < 1.29 is 29.0 Å². The zero-order valence-corrected chi connectivity index (χ0v) is 28.4. The van der Waals surface area contributed by atoms with Gasteiger partial charge in [-0.2, -0.15) is 0 Å². The Labute approximate surface area is 288 Å². The van der Waals surface area contributed by atoms with Crippen LogP contribution in [0.3, 0.4) is 0 Å². The smallest absolute Gasteiger partial charge is 0.253 e. The number of amides is 3. The van der Waals surface area contributed by atoms with Gasteiger partial charge in [0.2, 0.25) is 11.8 Å². The van der Waals surface area contributed by atoms with Crippen LogP contribution >= 0.6 is 0 Å². The summed E-state index contributed by atoms with van der Waals surface area (Å²) >= 11 is 0. The average molecular weight is 664 g/mol. The van der Waals surface area contributed by atoms with E-state index in [2.05, 4.69) is 13.2 Å². The lowest BCUT2D eigenvalue weighted by atomic mass is 9.62. The zero-order valence-electron chi connectivity index (χ0n) is 28.4. The molecule has 3 aliphatic heterocycles. The van der Waals surface area contributed by atoms with E-state index in [0.29, 0.717) is 30.0 Å². The van der Waals surface area contributed by atoms with Crippen molar-refractivity contribution in [3.8, 4) is 5.75 Å². The maximum atomic E-state index is 15.2. The fraction of sp³-hybridized carbons (Fsp3) is 0.375. The van der Waals surface area contributed by atoms with Crippen LogP contribution in [-0.2, 0) is 25.7 Å². The number of carbonyl (C=O) groups excluding carboxylic acids is 3. The highest BCUT2D eigenvalue weighted by Crippen LogP contribution is 2.66. The molecular formula is C40H45N3O6. The van der Waals surface area contributed by atoms with Crippen LogP contribution in [0.1, 0.15) is 37.4 Å². The number of hydrogen-bond donors (Lipinski definition) is 1. The van der Waals surface area contributed by atoms with E-state index in [-0.39, 0.29) is 36.7 Å². The summed E-state index contributed by atoms with van der Waals surface area (Å²) in [5, 5.41) is 10.9. The average Bonchev–Trinajstić information content (AvgIpc) is 3.64. The van der Waals surface area contributed by atoms with Crippen molar-refractivity contribution in [1.29, 1.82) is 0 Å². The molecule has 0 radical (unpaired) electrons. The molecule has 9 heteroatoms. The number of methoxy groups -OCH3 is 1. The van der Waals surface area contributed by atoms with Gasteiger partial charge in [-0.1, -0.05) is 79.7 Å². The summed E-state index contributed by atoms with van der Waals surface area (Å²) in [6.45, 7) is 12.1. The van der Waals surface area contributed by atoms with E-state index >= 15 is 9.59 Å². The molecule has 3 aliphatic rings. The second-order valence-corrected chi connectivity index (χ2v) is 13.5. The number of fused-ring (bicyclic) bond motifs is 1. The molecule has 2 bridgehead atoms. The molecule has 49 heavy (non-hydrogen) atoms. The lowest BCUT2D eigenvalue weighted by Crippen LogP contribution is -2.57. The molecule has 3 saturated heterocycles. The van der Waals surface area contributed by atoms with Crippen molar-refractivity contribution in [3.05, 3.63) is 121 Å². The fourth-order valence-corrected chi connectivity index (χ4v) is 8.45. The van der Waals surface area contributed by atoms with Gasteiger partial charge in [-0.25, -0.2) is 0 Å². The van der Waals surface area contributed by atoms with Crippen LogP contribution in [0.2, 0.25) is 0 Å². The number of nitrogens with zero attached hydrogens (tertiary/aromatic N) is 3. The second-order valence-electron chi connectivity index (χ2n) is 13.5. The summed E-state index contributed by atoms with van der Waals surface area (Å²) in [4.78, 5) is 49.9. The first-order chi connectivity index (χ1) is 23.6. The minimum atomic E-state index is -1.32. The van der Waals surface area contributed by atoms with Crippen molar-refractivity contribution in [2.24, 2.45) is 17.8 Å². The number of rotatable bonds is 13. The van der Waals surface area contributed by atoms with E-state index < -0.39 is 41.7 Å². The van der Waals surface area contributed by atoms with E-state index in [1.54, 1.807) is 53.3 Å². The van der Waals surface area contributed by atoms with Crippen LogP contribution in [0.25, 0.3) is 0 Å². The van der Waals surface area contributed by atoms with Gasteiger partial charge in [-0.05, 0) is 54.7 Å². The summed E-state index contributed by atoms with van der Waals surface area (Å²) in [5.41, 5.74) is -0.100. The number of aliphatic hydroxyl groups excluding tert-OH is 1. The molecule has 0 saturated carbocycles. The third-order valence-electron chi connectivity index (χ3n) is 10.8. The lowest BCUT2D eigenvalue weighted by Gasteiger charge is -2.39. The van der Waals surface area contributed by atoms with Crippen LogP contribution in [0.4, 0.5) is 5.69 Å². The van der Waals surface area contributed by atoms with Gasteiger partial charge >= 0.3 is 0 Å². The Morgan fingerprint density at radius 2 is 1.63 bits per heavy atom. The van der Waals surface area contributed by atoms with Gasteiger partial charge in [-0.15, -0.1) is 13.2 Å². The number of likely N-dealkylation sites (tertiary alicyclic amines) is 1. The highest BCUT2D eigenvalue weighted by atomic mass is 16.5. The van der Waals surface area contributed by atoms with Crippen LogP contribution in [-0.4, -0.2) is 76.7 Å². The standard InChI is InChI=1S/C40H45N3O6/c1-6-22-41(25-28-14-10-8-11-15-28)36(45)33-34-37(46)43(32(26-44)29-16-12-9-13-17-29)35(40(34)24-27(3)39(33,4)49-40)38(47)42(23-7-2)30-18-20-31(48-5)21-19-30/h6-21,27,32-35,44H,1-2,22-26H2,3-5H3/t27?,32-,33-,34+,35?,39+,40?/m1/s1. The molecular weight excluding hydrogens is 618 g/mol. The highest BCUT2D eigenvalue weighted by Gasteiger charge is 2.80. The molecule has 3 amide bonds. The first-order valence-corrected chi connectivity index (χ1v) is 16.8. The third-order valence-corrected chi connectivity index (χ3v) is 10.8. The Balaban J connectivity index is 1.49. The number of ether oxygens (including phenoxy) is 2. The monoisotopic (exact) mass is 663 g/mol. The molecule has 3 aromatic carbocycles. The third kappa shape index (κ3) is 5.64. The normalized spacial score (nSPS) is 27.3. The van der Waals surface area contributed by atoms with Gasteiger partial charge in [0.25, 0.3) is 5.91 Å². The SMILES string of the molecule is C=CCN(Cc1ccccc1)C(=O)[C@H]1[C@H]2C(=O)N([C@H](CO)c3ccccc3)C(C(=O)N(CC=C)c3ccc(OC)cc3)C23CC(C)[C@]1(C)O3. The molecule has 6 rings (SSSR count). The molecule has 0 aliphatic carbocycles. The Morgan fingerprint density at radius 1 is 1.00 bits per heavy atom. The summed E-state index contributed by atoms with van der Waals surface area (Å²) < 4.78 is 12.4. The maximum Gasteiger partial charge on any atom is 0.253 e. The number of carbonyl (C=O) groups is 3. The van der Waals surface area contributed by atoms with Crippen LogP contribution < -0.4 is 9.64 Å². The Bertz CT molecular complexity index is 1700.